The number of hydrazone groups is 1. The highest BCUT2D eigenvalue weighted by Crippen LogP contribution is 2.33. The molecule has 182 valence electrons. The van der Waals surface area contributed by atoms with E-state index < -0.39 is 12.0 Å². The van der Waals surface area contributed by atoms with E-state index in [4.69, 9.17) is 32.4 Å². The number of ether oxygens (including phenoxy) is 1. The zero-order valence-electron chi connectivity index (χ0n) is 18.9. The molecule has 1 amide bonds. The van der Waals surface area contributed by atoms with Crippen LogP contribution in [0.2, 0.25) is 10.0 Å². The molecular weight excluding hydrogens is 501 g/mol. The third kappa shape index (κ3) is 5.23. The highest BCUT2D eigenvalue weighted by atomic mass is 35.5. The van der Waals surface area contributed by atoms with Gasteiger partial charge in [-0.05, 0) is 78.4 Å². The van der Waals surface area contributed by atoms with E-state index in [-0.39, 0.29) is 12.4 Å². The Kier molecular flexibility index (Phi) is 6.95. The highest BCUT2D eigenvalue weighted by Gasteiger charge is 2.15. The summed E-state index contributed by atoms with van der Waals surface area (Å²) < 4.78 is 12.8. The minimum atomic E-state index is -0.756. The van der Waals surface area contributed by atoms with Crippen LogP contribution < -0.4 is 10.2 Å². The first-order chi connectivity index (χ1) is 17.5. The van der Waals surface area contributed by atoms with Gasteiger partial charge in [0.05, 0.1) is 19.0 Å². The van der Waals surface area contributed by atoms with Crippen LogP contribution in [0, 0.1) is 0 Å². The molecule has 0 saturated carbocycles. The Morgan fingerprint density at radius 1 is 1.03 bits per heavy atom. The maximum Gasteiger partial charge on any atom is 0.307 e. The number of rotatable bonds is 8. The minimum Gasteiger partial charge on any atom is -0.491 e. The number of carbonyl (C=O) groups is 1. The van der Waals surface area contributed by atoms with Gasteiger partial charge in [0.25, 0.3) is 0 Å². The maximum absolute atomic E-state index is 11.8. The summed E-state index contributed by atoms with van der Waals surface area (Å²) in [5, 5.41) is 17.9. The summed E-state index contributed by atoms with van der Waals surface area (Å²) in [6.45, 7) is 0.443. The van der Waals surface area contributed by atoms with Crippen molar-refractivity contribution in [2.75, 3.05) is 6.61 Å². The monoisotopic (exact) mass is 521 g/mol. The standard InChI is InChI=1S/C27H21Cl2N3O4/c28-18-5-9-24-22(12-18)23-13-19(29)6-10-25(23)32(24)15-20(33)16-36-21-7-3-17(4-8-21)14-30-31-27(34)26-2-1-11-35-26/h1-14,20,33H,15-16H2,(H,31,34). The first kappa shape index (κ1) is 23.9. The van der Waals surface area contributed by atoms with Crippen molar-refractivity contribution >= 4 is 57.1 Å². The fraction of sp³-hybridized carbons (Fsp3) is 0.111. The Labute approximate surface area is 216 Å². The van der Waals surface area contributed by atoms with Crippen molar-refractivity contribution in [1.29, 1.82) is 0 Å². The van der Waals surface area contributed by atoms with E-state index >= 15 is 0 Å². The summed E-state index contributed by atoms with van der Waals surface area (Å²) in [7, 11) is 0. The number of aliphatic hydroxyl groups excluding tert-OH is 1. The first-order valence-electron chi connectivity index (χ1n) is 11.1. The van der Waals surface area contributed by atoms with Crippen molar-refractivity contribution in [1.82, 2.24) is 9.99 Å². The van der Waals surface area contributed by atoms with Crippen molar-refractivity contribution < 1.29 is 19.1 Å². The van der Waals surface area contributed by atoms with Gasteiger partial charge in [0.15, 0.2) is 5.76 Å². The van der Waals surface area contributed by atoms with Gasteiger partial charge in [-0.2, -0.15) is 5.10 Å². The molecular formula is C27H21Cl2N3O4. The van der Waals surface area contributed by atoms with Gasteiger partial charge in [0.2, 0.25) is 0 Å². The number of benzene rings is 3. The summed E-state index contributed by atoms with van der Waals surface area (Å²) in [5.41, 5.74) is 5.08. The molecule has 0 fully saturated rings. The Morgan fingerprint density at radius 2 is 1.69 bits per heavy atom. The number of nitrogens with one attached hydrogen (secondary N) is 1. The molecule has 2 heterocycles. The van der Waals surface area contributed by atoms with Gasteiger partial charge in [-0.15, -0.1) is 0 Å². The molecule has 9 heteroatoms. The number of fused-ring (bicyclic) bond motifs is 3. The lowest BCUT2D eigenvalue weighted by molar-refractivity contribution is 0.0927. The van der Waals surface area contributed by atoms with Crippen LogP contribution in [0.4, 0.5) is 0 Å². The molecule has 0 aliphatic heterocycles. The van der Waals surface area contributed by atoms with E-state index in [1.54, 1.807) is 36.4 Å². The molecule has 1 unspecified atom stereocenters. The number of hydrogen-bond acceptors (Lipinski definition) is 5. The number of aromatic nitrogens is 1. The predicted octanol–water partition coefficient (Wildman–Crippen LogP) is 5.90. The molecule has 0 aliphatic rings. The number of hydrogen-bond donors (Lipinski definition) is 2. The average Bonchev–Trinajstić information content (AvgIpc) is 3.51. The van der Waals surface area contributed by atoms with Gasteiger partial charge in [-0.3, -0.25) is 4.79 Å². The summed E-state index contributed by atoms with van der Waals surface area (Å²) in [6.07, 6.45) is 2.18. The summed E-state index contributed by atoms with van der Waals surface area (Å²) in [4.78, 5) is 11.8. The molecule has 36 heavy (non-hydrogen) atoms. The van der Waals surface area contributed by atoms with Crippen molar-refractivity contribution in [3.8, 4) is 5.75 Å². The molecule has 0 bridgehead atoms. The second kappa shape index (κ2) is 10.5. The van der Waals surface area contributed by atoms with E-state index in [1.165, 1.54) is 12.5 Å². The third-order valence-electron chi connectivity index (χ3n) is 5.63. The van der Waals surface area contributed by atoms with Crippen LogP contribution in [0.15, 0.2) is 88.6 Å². The number of aliphatic hydroxyl groups is 1. The van der Waals surface area contributed by atoms with Gasteiger partial charge < -0.3 is 18.8 Å². The molecule has 7 nitrogen and oxygen atoms in total. The molecule has 2 aromatic heterocycles. The molecule has 0 radical (unpaired) electrons. The number of amides is 1. The van der Waals surface area contributed by atoms with Gasteiger partial charge in [0, 0.05) is 31.9 Å². The maximum atomic E-state index is 11.8. The molecule has 0 saturated heterocycles. The Morgan fingerprint density at radius 3 is 2.31 bits per heavy atom. The number of furan rings is 1. The average molecular weight is 522 g/mol. The quantitative estimate of drug-likeness (QED) is 0.196. The number of carbonyl (C=O) groups excluding carboxylic acids is 1. The van der Waals surface area contributed by atoms with Crippen LogP contribution >= 0.6 is 23.2 Å². The van der Waals surface area contributed by atoms with Crippen LogP contribution in [-0.4, -0.2) is 34.5 Å². The van der Waals surface area contributed by atoms with E-state index in [0.717, 1.165) is 27.4 Å². The topological polar surface area (TPSA) is 89.0 Å². The van der Waals surface area contributed by atoms with Crippen molar-refractivity contribution in [2.24, 2.45) is 5.10 Å². The normalized spacial score (nSPS) is 12.4. The number of halogens is 2. The fourth-order valence-electron chi connectivity index (χ4n) is 3.98. The number of nitrogens with zero attached hydrogens (tertiary/aromatic N) is 2. The molecule has 0 aliphatic carbocycles. The zero-order valence-corrected chi connectivity index (χ0v) is 20.4. The highest BCUT2D eigenvalue weighted by molar-refractivity contribution is 6.33. The van der Waals surface area contributed by atoms with Gasteiger partial charge >= 0.3 is 5.91 Å². The molecule has 5 rings (SSSR count). The van der Waals surface area contributed by atoms with Gasteiger partial charge in [-0.25, -0.2) is 5.43 Å². The smallest absolute Gasteiger partial charge is 0.307 e. The van der Waals surface area contributed by atoms with Gasteiger partial charge in [-0.1, -0.05) is 23.2 Å². The zero-order chi connectivity index (χ0) is 25.1. The van der Waals surface area contributed by atoms with Crippen molar-refractivity contribution in [2.45, 2.75) is 12.6 Å². The van der Waals surface area contributed by atoms with Gasteiger partial charge in [0.1, 0.15) is 18.5 Å². The SMILES string of the molecule is O=C(NN=Cc1ccc(OCC(O)Cn2c3ccc(Cl)cc3c3cc(Cl)ccc32)cc1)c1ccco1. The molecule has 0 spiro atoms. The Hall–Kier alpha value is -3.78. The lowest BCUT2D eigenvalue weighted by Gasteiger charge is -2.15. The summed E-state index contributed by atoms with van der Waals surface area (Å²) in [5.74, 6) is 0.356. The van der Waals surface area contributed by atoms with Crippen LogP contribution in [0.25, 0.3) is 21.8 Å². The van der Waals surface area contributed by atoms with Crippen LogP contribution in [0.5, 0.6) is 5.75 Å². The lowest BCUT2D eigenvalue weighted by Crippen LogP contribution is -2.23. The van der Waals surface area contributed by atoms with Crippen molar-refractivity contribution in [3.63, 3.8) is 0 Å². The van der Waals surface area contributed by atoms with Crippen LogP contribution in [-0.2, 0) is 6.54 Å². The third-order valence-corrected chi connectivity index (χ3v) is 6.10. The summed E-state index contributed by atoms with van der Waals surface area (Å²) >= 11 is 12.4. The molecule has 2 N–H and O–H groups in total. The molecule has 3 aromatic carbocycles. The Balaban J connectivity index is 1.21. The first-order valence-corrected chi connectivity index (χ1v) is 11.9. The fourth-order valence-corrected chi connectivity index (χ4v) is 4.32. The predicted molar refractivity (Wildman–Crippen MR) is 141 cm³/mol. The van der Waals surface area contributed by atoms with E-state index in [2.05, 4.69) is 10.5 Å². The van der Waals surface area contributed by atoms with Crippen LogP contribution in [0.3, 0.4) is 0 Å². The largest absolute Gasteiger partial charge is 0.491 e. The molecule has 1 atom stereocenters. The second-order valence-corrected chi connectivity index (χ2v) is 9.02. The van der Waals surface area contributed by atoms with Crippen LogP contribution in [0.1, 0.15) is 16.1 Å². The van der Waals surface area contributed by atoms with E-state index in [1.807, 2.05) is 41.0 Å². The Bertz CT molecular complexity index is 1480. The minimum absolute atomic E-state index is 0.106. The lowest BCUT2D eigenvalue weighted by atomic mass is 10.1. The second-order valence-electron chi connectivity index (χ2n) is 8.14. The van der Waals surface area contributed by atoms with Crippen molar-refractivity contribution in [3.05, 3.63) is 100 Å². The van der Waals surface area contributed by atoms with E-state index in [9.17, 15) is 9.90 Å². The molecule has 5 aromatic rings. The summed E-state index contributed by atoms with van der Waals surface area (Å²) in [6, 6.07) is 21.7. The van der Waals surface area contributed by atoms with E-state index in [0.29, 0.717) is 22.3 Å².